The van der Waals surface area contributed by atoms with Crippen LogP contribution >= 0.6 is 0 Å². The van der Waals surface area contributed by atoms with Crippen molar-refractivity contribution in [3.8, 4) is 0 Å². The Labute approximate surface area is 164 Å². The second-order valence-electron chi connectivity index (χ2n) is 7.84. The molecule has 0 bridgehead atoms. The Morgan fingerprint density at radius 2 is 2.00 bits per heavy atom. The van der Waals surface area contributed by atoms with E-state index in [9.17, 15) is 9.59 Å². The lowest BCUT2D eigenvalue weighted by Gasteiger charge is -2.37. The molecule has 4 rings (SSSR count). The highest BCUT2D eigenvalue weighted by Gasteiger charge is 2.48. The summed E-state index contributed by atoms with van der Waals surface area (Å²) < 4.78 is 5.80. The van der Waals surface area contributed by atoms with E-state index in [-0.39, 0.29) is 18.0 Å². The van der Waals surface area contributed by atoms with Gasteiger partial charge in [-0.15, -0.1) is 0 Å². The second-order valence-corrected chi connectivity index (χ2v) is 7.84. The molecule has 1 aromatic carbocycles. The first-order chi connectivity index (χ1) is 13.5. The molecule has 2 aliphatic heterocycles. The number of aromatic nitrogens is 2. The molecule has 0 radical (unpaired) electrons. The molecule has 0 unspecified atom stereocenters. The van der Waals surface area contributed by atoms with Crippen LogP contribution in [0.25, 0.3) is 11.0 Å². The molecule has 148 valence electrons. The smallest absolute Gasteiger partial charge is 0.410 e. The Hall–Kier alpha value is -2.70. The van der Waals surface area contributed by atoms with Crippen LogP contribution in [0.15, 0.2) is 30.6 Å². The maximum atomic E-state index is 13.1. The minimum atomic E-state index is -0.464. The first kappa shape index (κ1) is 18.7. The van der Waals surface area contributed by atoms with Crippen molar-refractivity contribution < 1.29 is 14.3 Å². The van der Waals surface area contributed by atoms with E-state index in [2.05, 4.69) is 23.8 Å². The molecule has 3 heterocycles. The minimum Gasteiger partial charge on any atom is -0.441 e. The normalized spacial score (nSPS) is 19.9. The summed E-state index contributed by atoms with van der Waals surface area (Å²) in [4.78, 5) is 37.7. The standard InChI is InChI=1S/C21H26N4O3/c1-3-5-15(2)25-14-21(28-20(25)27)8-12-24(13-9-21)19(26)16-6-4-7-17-18(16)23-11-10-22-17/h4,6-7,10-11,15H,3,5,8-9,12-14H2,1-2H3/t15-/m0/s1. The first-order valence-electron chi connectivity index (χ1n) is 10.0. The van der Waals surface area contributed by atoms with Gasteiger partial charge in [0, 0.05) is 44.4 Å². The number of para-hydroxylation sites is 1. The summed E-state index contributed by atoms with van der Waals surface area (Å²) in [5, 5.41) is 0. The molecule has 2 fully saturated rings. The van der Waals surface area contributed by atoms with Crippen molar-refractivity contribution in [2.45, 2.75) is 51.2 Å². The van der Waals surface area contributed by atoms with Gasteiger partial charge in [0.1, 0.15) is 11.1 Å². The molecule has 1 aromatic heterocycles. The predicted molar refractivity (Wildman–Crippen MR) is 105 cm³/mol. The largest absolute Gasteiger partial charge is 0.441 e. The number of piperidine rings is 1. The van der Waals surface area contributed by atoms with Crippen LogP contribution < -0.4 is 0 Å². The van der Waals surface area contributed by atoms with E-state index >= 15 is 0 Å². The van der Waals surface area contributed by atoms with Gasteiger partial charge in [0.05, 0.1) is 17.6 Å². The number of hydrogen-bond acceptors (Lipinski definition) is 5. The molecule has 2 aliphatic rings. The summed E-state index contributed by atoms with van der Waals surface area (Å²) in [7, 11) is 0. The lowest BCUT2D eigenvalue weighted by atomic mass is 9.90. The number of nitrogens with zero attached hydrogens (tertiary/aromatic N) is 4. The van der Waals surface area contributed by atoms with Crippen LogP contribution in [0.5, 0.6) is 0 Å². The van der Waals surface area contributed by atoms with Crippen molar-refractivity contribution >= 4 is 23.0 Å². The zero-order valence-corrected chi connectivity index (χ0v) is 16.4. The molecular formula is C21H26N4O3. The van der Waals surface area contributed by atoms with Gasteiger partial charge in [0.25, 0.3) is 5.91 Å². The fourth-order valence-electron chi connectivity index (χ4n) is 4.27. The van der Waals surface area contributed by atoms with E-state index < -0.39 is 5.60 Å². The number of amides is 2. The van der Waals surface area contributed by atoms with Crippen molar-refractivity contribution in [3.05, 3.63) is 36.2 Å². The van der Waals surface area contributed by atoms with Gasteiger partial charge in [-0.3, -0.25) is 14.8 Å². The third-order valence-corrected chi connectivity index (χ3v) is 5.93. The molecule has 2 aromatic rings. The molecule has 0 saturated carbocycles. The van der Waals surface area contributed by atoms with Gasteiger partial charge in [-0.05, 0) is 25.5 Å². The number of carbonyl (C=O) groups is 2. The number of ether oxygens (including phenoxy) is 1. The minimum absolute atomic E-state index is 0.0403. The predicted octanol–water partition coefficient (Wildman–Crippen LogP) is 3.25. The first-order valence-corrected chi connectivity index (χ1v) is 10.0. The lowest BCUT2D eigenvalue weighted by Crippen LogP contribution is -2.49. The second kappa shape index (κ2) is 7.37. The van der Waals surface area contributed by atoms with Crippen LogP contribution in [-0.4, -0.2) is 63.0 Å². The average Bonchev–Trinajstić information content (AvgIpc) is 3.03. The molecule has 2 amide bonds. The van der Waals surface area contributed by atoms with Crippen molar-refractivity contribution in [1.82, 2.24) is 19.8 Å². The lowest BCUT2D eigenvalue weighted by molar-refractivity contribution is 0.00312. The molecule has 0 aliphatic carbocycles. The van der Waals surface area contributed by atoms with Crippen molar-refractivity contribution in [1.29, 1.82) is 0 Å². The number of hydrogen-bond donors (Lipinski definition) is 0. The van der Waals surface area contributed by atoms with Gasteiger partial charge in [-0.1, -0.05) is 19.4 Å². The van der Waals surface area contributed by atoms with Gasteiger partial charge in [-0.25, -0.2) is 4.79 Å². The number of rotatable bonds is 4. The van der Waals surface area contributed by atoms with Crippen LogP contribution in [0, 0.1) is 0 Å². The van der Waals surface area contributed by atoms with Crippen molar-refractivity contribution in [2.24, 2.45) is 0 Å². The maximum absolute atomic E-state index is 13.1. The number of benzene rings is 1. The third-order valence-electron chi connectivity index (χ3n) is 5.93. The van der Waals surface area contributed by atoms with E-state index in [4.69, 9.17) is 4.74 Å². The molecule has 7 nitrogen and oxygen atoms in total. The molecule has 1 atom stereocenters. The molecule has 0 N–H and O–H groups in total. The highest BCUT2D eigenvalue weighted by atomic mass is 16.6. The zero-order valence-electron chi connectivity index (χ0n) is 16.4. The van der Waals surface area contributed by atoms with Crippen molar-refractivity contribution in [3.63, 3.8) is 0 Å². The summed E-state index contributed by atoms with van der Waals surface area (Å²) in [5.41, 5.74) is 1.45. The average molecular weight is 382 g/mol. The highest BCUT2D eigenvalue weighted by Crippen LogP contribution is 2.35. The Morgan fingerprint density at radius 3 is 2.75 bits per heavy atom. The van der Waals surface area contributed by atoms with Crippen LogP contribution in [0.1, 0.15) is 49.9 Å². The molecule has 2 saturated heterocycles. The highest BCUT2D eigenvalue weighted by molar-refractivity contribution is 6.04. The SMILES string of the molecule is CCC[C@H](C)N1CC2(CCN(C(=O)c3cccc4nccnc34)CC2)OC1=O. The molecule has 28 heavy (non-hydrogen) atoms. The summed E-state index contributed by atoms with van der Waals surface area (Å²) in [6.07, 6.45) is 6.35. The third kappa shape index (κ3) is 3.30. The van der Waals surface area contributed by atoms with E-state index in [1.165, 1.54) is 0 Å². The van der Waals surface area contributed by atoms with Crippen LogP contribution in [-0.2, 0) is 4.74 Å². The molecule has 7 heteroatoms. The van der Waals surface area contributed by atoms with Gasteiger partial charge in [-0.2, -0.15) is 0 Å². The number of fused-ring (bicyclic) bond motifs is 1. The Bertz CT molecular complexity index is 887. The van der Waals surface area contributed by atoms with E-state index in [1.807, 2.05) is 21.9 Å². The fourth-order valence-corrected chi connectivity index (χ4v) is 4.27. The monoisotopic (exact) mass is 382 g/mol. The zero-order chi connectivity index (χ0) is 19.7. The summed E-state index contributed by atoms with van der Waals surface area (Å²) in [6.45, 7) is 5.95. The fraction of sp³-hybridized carbons (Fsp3) is 0.524. The Morgan fingerprint density at radius 1 is 1.25 bits per heavy atom. The molecule has 1 spiro atoms. The Balaban J connectivity index is 1.46. The van der Waals surface area contributed by atoms with Crippen molar-refractivity contribution in [2.75, 3.05) is 19.6 Å². The Kier molecular flexibility index (Phi) is 4.91. The maximum Gasteiger partial charge on any atom is 0.410 e. The summed E-state index contributed by atoms with van der Waals surface area (Å²) in [5.74, 6) is -0.0403. The number of carbonyl (C=O) groups excluding carboxylic acids is 2. The van der Waals surface area contributed by atoms with Gasteiger partial charge >= 0.3 is 6.09 Å². The van der Waals surface area contributed by atoms with Crippen LogP contribution in [0.4, 0.5) is 4.79 Å². The van der Waals surface area contributed by atoms with E-state index in [0.29, 0.717) is 49.1 Å². The van der Waals surface area contributed by atoms with Gasteiger partial charge in [0.2, 0.25) is 0 Å². The van der Waals surface area contributed by atoms with Crippen LogP contribution in [0.3, 0.4) is 0 Å². The number of likely N-dealkylation sites (tertiary alicyclic amines) is 1. The summed E-state index contributed by atoms with van der Waals surface area (Å²) in [6, 6.07) is 5.68. The summed E-state index contributed by atoms with van der Waals surface area (Å²) >= 11 is 0. The van der Waals surface area contributed by atoms with Crippen LogP contribution in [0.2, 0.25) is 0 Å². The molecular weight excluding hydrogens is 356 g/mol. The van der Waals surface area contributed by atoms with Gasteiger partial charge in [0.15, 0.2) is 0 Å². The quantitative estimate of drug-likeness (QED) is 0.811. The van der Waals surface area contributed by atoms with E-state index in [0.717, 1.165) is 12.8 Å². The van der Waals surface area contributed by atoms with Gasteiger partial charge < -0.3 is 14.5 Å². The van der Waals surface area contributed by atoms with E-state index in [1.54, 1.807) is 18.5 Å². The topological polar surface area (TPSA) is 75.6 Å².